The van der Waals surface area contributed by atoms with Crippen molar-refractivity contribution in [3.05, 3.63) is 0 Å². The van der Waals surface area contributed by atoms with Gasteiger partial charge in [-0.1, -0.05) is 20.8 Å². The van der Waals surface area contributed by atoms with Gasteiger partial charge in [0.1, 0.15) is 0 Å². The van der Waals surface area contributed by atoms with Gasteiger partial charge in [0.25, 0.3) is 0 Å². The van der Waals surface area contributed by atoms with E-state index in [1.807, 2.05) is 0 Å². The first-order valence-corrected chi connectivity index (χ1v) is 6.63. The van der Waals surface area contributed by atoms with Crippen LogP contribution in [-0.4, -0.2) is 23.0 Å². The van der Waals surface area contributed by atoms with Crippen molar-refractivity contribution in [1.29, 1.82) is 0 Å². The van der Waals surface area contributed by atoms with Crippen LogP contribution in [0.15, 0.2) is 0 Å². The fraction of sp³-hybridized carbons (Fsp3) is 1.00. The lowest BCUT2D eigenvalue weighted by atomic mass is 9.85. The molecule has 1 aliphatic rings. The van der Waals surface area contributed by atoms with Crippen molar-refractivity contribution >= 4 is 0 Å². The Labute approximate surface area is 96.2 Å². The van der Waals surface area contributed by atoms with Crippen molar-refractivity contribution in [1.82, 2.24) is 4.90 Å². The first kappa shape index (κ1) is 13.0. The van der Waals surface area contributed by atoms with Crippen LogP contribution in [0.3, 0.4) is 0 Å². The van der Waals surface area contributed by atoms with Crippen LogP contribution in [0.5, 0.6) is 0 Å². The summed E-state index contributed by atoms with van der Waals surface area (Å²) in [5.74, 6) is 2.51. The molecule has 1 saturated heterocycles. The van der Waals surface area contributed by atoms with E-state index in [2.05, 4.69) is 53.4 Å². The standard InChI is InChI=1S/C14H29N/c1-9(2)15-13(6)11(4)8-10(3)12(5)14(15)7/h9-14H,8H2,1-7H3. The SMILES string of the molecule is CC1CC(C)C(C)N(C(C)C)C(C)C1C. The second-order valence-corrected chi connectivity index (χ2v) is 6.07. The quantitative estimate of drug-likeness (QED) is 0.638. The number of rotatable bonds is 1. The third kappa shape index (κ3) is 2.55. The Hall–Kier alpha value is -0.0400. The van der Waals surface area contributed by atoms with Crippen LogP contribution in [0.25, 0.3) is 0 Å². The van der Waals surface area contributed by atoms with Crippen LogP contribution in [0, 0.1) is 17.8 Å². The Kier molecular flexibility index (Phi) is 4.22. The molecule has 0 bridgehead atoms. The molecule has 1 heteroatoms. The van der Waals surface area contributed by atoms with Crippen molar-refractivity contribution < 1.29 is 0 Å². The maximum atomic E-state index is 2.72. The van der Waals surface area contributed by atoms with Gasteiger partial charge in [-0.05, 0) is 51.9 Å². The Morgan fingerprint density at radius 1 is 0.867 bits per heavy atom. The third-order valence-corrected chi connectivity index (χ3v) is 4.76. The molecule has 0 aromatic rings. The first-order valence-electron chi connectivity index (χ1n) is 6.63. The molecule has 15 heavy (non-hydrogen) atoms. The van der Waals surface area contributed by atoms with Gasteiger partial charge >= 0.3 is 0 Å². The van der Waals surface area contributed by atoms with Crippen LogP contribution >= 0.6 is 0 Å². The van der Waals surface area contributed by atoms with E-state index in [0.717, 1.165) is 29.8 Å². The molecule has 0 aliphatic carbocycles. The molecule has 1 heterocycles. The van der Waals surface area contributed by atoms with Gasteiger partial charge < -0.3 is 0 Å². The summed E-state index contributed by atoms with van der Waals surface area (Å²) < 4.78 is 0. The molecule has 0 N–H and O–H groups in total. The molecule has 1 fully saturated rings. The summed E-state index contributed by atoms with van der Waals surface area (Å²) in [7, 11) is 0. The van der Waals surface area contributed by atoms with Crippen molar-refractivity contribution in [2.75, 3.05) is 0 Å². The molecule has 1 nitrogen and oxygen atoms in total. The summed E-state index contributed by atoms with van der Waals surface area (Å²) in [4.78, 5) is 2.72. The number of likely N-dealkylation sites (tertiary alicyclic amines) is 1. The molecule has 1 aliphatic heterocycles. The molecule has 0 radical (unpaired) electrons. The highest BCUT2D eigenvalue weighted by Gasteiger charge is 2.36. The highest BCUT2D eigenvalue weighted by atomic mass is 15.2. The molecule has 0 saturated carbocycles. The first-order chi connectivity index (χ1) is 6.86. The van der Waals surface area contributed by atoms with Gasteiger partial charge in [-0.15, -0.1) is 0 Å². The van der Waals surface area contributed by atoms with Crippen LogP contribution in [0.4, 0.5) is 0 Å². The third-order valence-electron chi connectivity index (χ3n) is 4.76. The maximum Gasteiger partial charge on any atom is 0.0101 e. The molecular weight excluding hydrogens is 182 g/mol. The summed E-state index contributed by atoms with van der Waals surface area (Å²) in [5.41, 5.74) is 0. The summed E-state index contributed by atoms with van der Waals surface area (Å²) >= 11 is 0. The number of hydrogen-bond donors (Lipinski definition) is 0. The zero-order valence-electron chi connectivity index (χ0n) is 11.6. The van der Waals surface area contributed by atoms with Crippen molar-refractivity contribution in [3.63, 3.8) is 0 Å². The van der Waals surface area contributed by atoms with Crippen LogP contribution < -0.4 is 0 Å². The van der Waals surface area contributed by atoms with Gasteiger partial charge in [0.2, 0.25) is 0 Å². The summed E-state index contributed by atoms with van der Waals surface area (Å²) in [6.07, 6.45) is 1.38. The second kappa shape index (κ2) is 4.86. The summed E-state index contributed by atoms with van der Waals surface area (Å²) in [6, 6.07) is 2.12. The van der Waals surface area contributed by atoms with E-state index in [1.54, 1.807) is 0 Å². The van der Waals surface area contributed by atoms with Crippen molar-refractivity contribution in [2.45, 2.75) is 73.0 Å². The van der Waals surface area contributed by atoms with Gasteiger partial charge in [-0.2, -0.15) is 0 Å². The van der Waals surface area contributed by atoms with E-state index in [-0.39, 0.29) is 0 Å². The van der Waals surface area contributed by atoms with Gasteiger partial charge in [0.05, 0.1) is 0 Å². The summed E-state index contributed by atoms with van der Waals surface area (Å²) in [6.45, 7) is 16.8. The average Bonchev–Trinajstić information content (AvgIpc) is 2.20. The predicted octanol–water partition coefficient (Wildman–Crippen LogP) is 3.79. The monoisotopic (exact) mass is 211 g/mol. The Morgan fingerprint density at radius 2 is 1.40 bits per heavy atom. The molecule has 0 spiro atoms. The highest BCUT2D eigenvalue weighted by Crippen LogP contribution is 2.35. The molecule has 5 unspecified atom stereocenters. The van der Waals surface area contributed by atoms with Gasteiger partial charge in [0, 0.05) is 18.1 Å². The minimum absolute atomic E-state index is 0.671. The zero-order valence-corrected chi connectivity index (χ0v) is 11.6. The Balaban J connectivity index is 2.92. The minimum Gasteiger partial charge on any atom is -0.295 e. The van der Waals surface area contributed by atoms with E-state index in [9.17, 15) is 0 Å². The number of nitrogens with zero attached hydrogens (tertiary/aromatic N) is 1. The molecule has 90 valence electrons. The van der Waals surface area contributed by atoms with Crippen LogP contribution in [-0.2, 0) is 0 Å². The lowest BCUT2D eigenvalue weighted by Gasteiger charge is -2.40. The average molecular weight is 211 g/mol. The normalized spacial score (nSPS) is 44.4. The molecule has 0 aromatic heterocycles. The fourth-order valence-corrected chi connectivity index (χ4v) is 3.35. The molecule has 1 rings (SSSR count). The van der Waals surface area contributed by atoms with E-state index in [4.69, 9.17) is 0 Å². The lowest BCUT2D eigenvalue weighted by molar-refractivity contribution is 0.0723. The van der Waals surface area contributed by atoms with Crippen LogP contribution in [0.1, 0.15) is 54.9 Å². The van der Waals surface area contributed by atoms with Gasteiger partial charge in [-0.3, -0.25) is 4.90 Å². The zero-order chi connectivity index (χ0) is 11.7. The molecular formula is C14H29N. The topological polar surface area (TPSA) is 3.24 Å². The maximum absolute atomic E-state index is 2.72. The van der Waals surface area contributed by atoms with Crippen molar-refractivity contribution in [3.8, 4) is 0 Å². The van der Waals surface area contributed by atoms with E-state index >= 15 is 0 Å². The fourth-order valence-electron chi connectivity index (χ4n) is 3.35. The van der Waals surface area contributed by atoms with E-state index in [0.29, 0.717) is 6.04 Å². The summed E-state index contributed by atoms with van der Waals surface area (Å²) in [5, 5.41) is 0. The van der Waals surface area contributed by atoms with Crippen molar-refractivity contribution in [2.24, 2.45) is 17.8 Å². The Bertz CT molecular complexity index is 200. The predicted molar refractivity (Wildman–Crippen MR) is 68.0 cm³/mol. The van der Waals surface area contributed by atoms with E-state index < -0.39 is 0 Å². The molecule has 0 aromatic carbocycles. The van der Waals surface area contributed by atoms with Crippen LogP contribution in [0.2, 0.25) is 0 Å². The lowest BCUT2D eigenvalue weighted by Crippen LogP contribution is -2.48. The molecule has 0 amide bonds. The minimum atomic E-state index is 0.671. The van der Waals surface area contributed by atoms with Gasteiger partial charge in [-0.25, -0.2) is 0 Å². The second-order valence-electron chi connectivity index (χ2n) is 6.07. The van der Waals surface area contributed by atoms with Gasteiger partial charge in [0.15, 0.2) is 0 Å². The van der Waals surface area contributed by atoms with E-state index in [1.165, 1.54) is 6.42 Å². The largest absolute Gasteiger partial charge is 0.295 e. The Morgan fingerprint density at radius 3 is 1.87 bits per heavy atom. The number of hydrogen-bond acceptors (Lipinski definition) is 1. The molecule has 5 atom stereocenters. The smallest absolute Gasteiger partial charge is 0.0101 e. The highest BCUT2D eigenvalue weighted by molar-refractivity contribution is 4.89.